The monoisotopic (exact) mass is 403 g/mol. The summed E-state index contributed by atoms with van der Waals surface area (Å²) >= 11 is 3.31. The average Bonchev–Trinajstić information content (AvgIpc) is 2.61. The molecular formula is C18H18BrN3O3. The molecule has 0 N–H and O–H groups in total. The van der Waals surface area contributed by atoms with Crippen molar-refractivity contribution in [2.75, 3.05) is 26.7 Å². The van der Waals surface area contributed by atoms with Gasteiger partial charge in [-0.25, -0.2) is 0 Å². The number of nitro groups is 1. The minimum atomic E-state index is -0.471. The van der Waals surface area contributed by atoms with Gasteiger partial charge in [-0.05, 0) is 34.6 Å². The van der Waals surface area contributed by atoms with Gasteiger partial charge in [0, 0.05) is 36.2 Å². The van der Waals surface area contributed by atoms with Crippen LogP contribution in [0.2, 0.25) is 0 Å². The van der Waals surface area contributed by atoms with Crippen LogP contribution in [0.5, 0.6) is 0 Å². The van der Waals surface area contributed by atoms with Crippen LogP contribution >= 0.6 is 15.9 Å². The van der Waals surface area contributed by atoms with E-state index >= 15 is 0 Å². The summed E-state index contributed by atoms with van der Waals surface area (Å²) in [4.78, 5) is 27.6. The third kappa shape index (κ3) is 3.72. The Balaban J connectivity index is 1.93. The maximum atomic E-state index is 13.1. The Morgan fingerprint density at radius 3 is 2.56 bits per heavy atom. The van der Waals surface area contributed by atoms with E-state index < -0.39 is 4.92 Å². The topological polar surface area (TPSA) is 66.7 Å². The molecule has 1 atom stereocenters. The summed E-state index contributed by atoms with van der Waals surface area (Å²) in [5, 5.41) is 10.9. The molecule has 1 fully saturated rings. The summed E-state index contributed by atoms with van der Waals surface area (Å²) in [6, 6.07) is 14.1. The van der Waals surface area contributed by atoms with Crippen molar-refractivity contribution in [3.05, 3.63) is 74.2 Å². The van der Waals surface area contributed by atoms with E-state index in [9.17, 15) is 14.9 Å². The second-order valence-electron chi connectivity index (χ2n) is 6.11. The molecule has 1 saturated heterocycles. The molecule has 1 aliphatic heterocycles. The van der Waals surface area contributed by atoms with E-state index in [2.05, 4.69) is 20.8 Å². The van der Waals surface area contributed by atoms with Crippen LogP contribution in [0.1, 0.15) is 22.0 Å². The number of carbonyl (C=O) groups excluding carboxylic acids is 1. The lowest BCUT2D eigenvalue weighted by atomic mass is 10.0. The first-order chi connectivity index (χ1) is 12.0. The molecule has 1 heterocycles. The molecule has 3 rings (SSSR count). The Morgan fingerprint density at radius 1 is 1.20 bits per heavy atom. The van der Waals surface area contributed by atoms with Gasteiger partial charge in [0.1, 0.15) is 0 Å². The first kappa shape index (κ1) is 17.6. The number of amides is 1. The number of hydrogen-bond acceptors (Lipinski definition) is 4. The fourth-order valence-corrected chi connectivity index (χ4v) is 3.61. The molecule has 0 aliphatic carbocycles. The summed E-state index contributed by atoms with van der Waals surface area (Å²) in [5.74, 6) is -0.122. The van der Waals surface area contributed by atoms with E-state index in [1.54, 1.807) is 0 Å². The second-order valence-corrected chi connectivity index (χ2v) is 6.96. The van der Waals surface area contributed by atoms with Gasteiger partial charge >= 0.3 is 0 Å². The molecule has 7 heteroatoms. The Morgan fingerprint density at radius 2 is 1.92 bits per heavy atom. The third-order valence-electron chi connectivity index (χ3n) is 4.42. The smallest absolute Gasteiger partial charge is 0.270 e. The molecule has 130 valence electrons. The van der Waals surface area contributed by atoms with Crippen LogP contribution in [-0.4, -0.2) is 47.3 Å². The standard InChI is InChI=1S/C18H18BrN3O3/c1-20-9-10-21(17(12-20)13-5-3-2-4-6-13)18(23)15-8-7-14(22(24)25)11-16(15)19/h2-8,11,17H,9-10,12H2,1H3. The number of benzene rings is 2. The molecule has 0 bridgehead atoms. The van der Waals surface area contributed by atoms with Gasteiger partial charge in [0.15, 0.2) is 0 Å². The van der Waals surface area contributed by atoms with Gasteiger partial charge in [-0.1, -0.05) is 30.3 Å². The van der Waals surface area contributed by atoms with Crippen LogP contribution in [0.25, 0.3) is 0 Å². The van der Waals surface area contributed by atoms with Crippen molar-refractivity contribution in [2.24, 2.45) is 0 Å². The number of carbonyl (C=O) groups is 1. The highest BCUT2D eigenvalue weighted by atomic mass is 79.9. The SMILES string of the molecule is CN1CCN(C(=O)c2ccc([N+](=O)[O-])cc2Br)C(c2ccccc2)C1. The molecular weight excluding hydrogens is 386 g/mol. The normalized spacial score (nSPS) is 18.2. The number of hydrogen-bond donors (Lipinski definition) is 0. The lowest BCUT2D eigenvalue weighted by molar-refractivity contribution is -0.384. The molecule has 2 aromatic rings. The number of nitro benzene ring substituents is 1. The quantitative estimate of drug-likeness (QED) is 0.580. The zero-order valence-corrected chi connectivity index (χ0v) is 15.3. The van der Waals surface area contributed by atoms with Crippen molar-refractivity contribution < 1.29 is 9.72 Å². The highest BCUT2D eigenvalue weighted by Crippen LogP contribution is 2.30. The fourth-order valence-electron chi connectivity index (χ4n) is 3.07. The van der Waals surface area contributed by atoms with Gasteiger partial charge in [-0.15, -0.1) is 0 Å². The predicted molar refractivity (Wildman–Crippen MR) is 98.5 cm³/mol. The summed E-state index contributed by atoms with van der Waals surface area (Å²) in [7, 11) is 2.04. The average molecular weight is 404 g/mol. The maximum absolute atomic E-state index is 13.1. The van der Waals surface area contributed by atoms with Crippen molar-refractivity contribution in [1.29, 1.82) is 0 Å². The van der Waals surface area contributed by atoms with Gasteiger partial charge in [-0.2, -0.15) is 0 Å². The predicted octanol–water partition coefficient (Wildman–Crippen LogP) is 3.49. The summed E-state index contributed by atoms with van der Waals surface area (Å²) in [6.07, 6.45) is 0. The number of rotatable bonds is 3. The Labute approximate surface area is 154 Å². The van der Waals surface area contributed by atoms with Crippen molar-refractivity contribution in [2.45, 2.75) is 6.04 Å². The fraction of sp³-hybridized carbons (Fsp3) is 0.278. The maximum Gasteiger partial charge on any atom is 0.270 e. The van der Waals surface area contributed by atoms with Gasteiger partial charge in [0.2, 0.25) is 0 Å². The number of halogens is 1. The van der Waals surface area contributed by atoms with Crippen LogP contribution < -0.4 is 0 Å². The summed E-state index contributed by atoms with van der Waals surface area (Å²) in [5.41, 5.74) is 1.48. The zero-order chi connectivity index (χ0) is 18.0. The van der Waals surface area contributed by atoms with E-state index in [1.807, 2.05) is 42.3 Å². The molecule has 0 radical (unpaired) electrons. The molecule has 6 nitrogen and oxygen atoms in total. The minimum absolute atomic E-state index is 0.0404. The lowest BCUT2D eigenvalue weighted by Crippen LogP contribution is -2.49. The number of nitrogens with zero attached hydrogens (tertiary/aromatic N) is 3. The van der Waals surface area contributed by atoms with Crippen LogP contribution in [0.4, 0.5) is 5.69 Å². The number of non-ortho nitro benzene ring substituents is 1. The molecule has 1 aliphatic rings. The van der Waals surface area contributed by atoms with Crippen LogP contribution in [0.15, 0.2) is 53.0 Å². The molecule has 1 unspecified atom stereocenters. The first-order valence-electron chi connectivity index (χ1n) is 7.96. The number of piperazine rings is 1. The zero-order valence-electron chi connectivity index (χ0n) is 13.8. The Hall–Kier alpha value is -2.25. The Kier molecular flexibility index (Phi) is 5.15. The van der Waals surface area contributed by atoms with Crippen LogP contribution in [0, 0.1) is 10.1 Å². The lowest BCUT2D eigenvalue weighted by Gasteiger charge is -2.40. The second kappa shape index (κ2) is 7.33. The molecule has 0 aromatic heterocycles. The molecule has 25 heavy (non-hydrogen) atoms. The van der Waals surface area contributed by atoms with Gasteiger partial charge in [0.05, 0.1) is 16.5 Å². The molecule has 0 spiro atoms. The van der Waals surface area contributed by atoms with Gasteiger partial charge in [-0.3, -0.25) is 14.9 Å². The van der Waals surface area contributed by atoms with Crippen molar-refractivity contribution in [3.8, 4) is 0 Å². The number of likely N-dealkylation sites (N-methyl/N-ethyl adjacent to an activating group) is 1. The van der Waals surface area contributed by atoms with Crippen LogP contribution in [0.3, 0.4) is 0 Å². The minimum Gasteiger partial charge on any atom is -0.329 e. The molecule has 0 saturated carbocycles. The molecule has 1 amide bonds. The van der Waals surface area contributed by atoms with Crippen molar-refractivity contribution in [3.63, 3.8) is 0 Å². The van der Waals surface area contributed by atoms with Crippen molar-refractivity contribution >= 4 is 27.5 Å². The summed E-state index contributed by atoms with van der Waals surface area (Å²) in [6.45, 7) is 2.15. The first-order valence-corrected chi connectivity index (χ1v) is 8.75. The highest BCUT2D eigenvalue weighted by molar-refractivity contribution is 9.10. The van der Waals surface area contributed by atoms with E-state index in [0.29, 0.717) is 16.6 Å². The van der Waals surface area contributed by atoms with Crippen molar-refractivity contribution in [1.82, 2.24) is 9.80 Å². The van der Waals surface area contributed by atoms with Gasteiger partial charge < -0.3 is 9.80 Å². The van der Waals surface area contributed by atoms with E-state index in [1.165, 1.54) is 18.2 Å². The Bertz CT molecular complexity index is 797. The highest BCUT2D eigenvalue weighted by Gasteiger charge is 2.31. The van der Waals surface area contributed by atoms with Gasteiger partial charge in [0.25, 0.3) is 11.6 Å². The third-order valence-corrected chi connectivity index (χ3v) is 5.08. The van der Waals surface area contributed by atoms with E-state index in [0.717, 1.165) is 18.7 Å². The van der Waals surface area contributed by atoms with E-state index in [4.69, 9.17) is 0 Å². The summed E-state index contributed by atoms with van der Waals surface area (Å²) < 4.78 is 0.442. The molecule has 2 aromatic carbocycles. The largest absolute Gasteiger partial charge is 0.329 e. The van der Waals surface area contributed by atoms with E-state index in [-0.39, 0.29) is 17.6 Å². The van der Waals surface area contributed by atoms with Crippen LogP contribution in [-0.2, 0) is 0 Å².